The van der Waals surface area contributed by atoms with Crippen LogP contribution < -0.4 is 5.32 Å². The highest BCUT2D eigenvalue weighted by atomic mass is 15.3. The molecule has 0 saturated heterocycles. The van der Waals surface area contributed by atoms with Crippen molar-refractivity contribution >= 4 is 5.69 Å². The molecule has 1 saturated carbocycles. The number of nitrogens with one attached hydrogen (secondary N) is 1. The molecule has 2 rings (SSSR count). The number of aryl methyl sites for hydroxylation is 1. The standard InChI is InChI=1S/C12H21N3/c1-3-10-6-4-5-7-12(10)14-11-8-13-15(2)9-11/h8-10,12,14H,3-7H2,1-2H3/t10-,12-/m0/s1. The van der Waals surface area contributed by atoms with Gasteiger partial charge in [0.1, 0.15) is 0 Å². The summed E-state index contributed by atoms with van der Waals surface area (Å²) in [6.07, 6.45) is 10.7. The monoisotopic (exact) mass is 207 g/mol. The number of hydrogen-bond donors (Lipinski definition) is 1. The Bertz CT molecular complexity index is 306. The summed E-state index contributed by atoms with van der Waals surface area (Å²) in [7, 11) is 1.96. The Labute approximate surface area is 91.9 Å². The summed E-state index contributed by atoms with van der Waals surface area (Å²) in [5.41, 5.74) is 1.17. The molecule has 84 valence electrons. The zero-order valence-corrected chi connectivity index (χ0v) is 9.74. The highest BCUT2D eigenvalue weighted by Crippen LogP contribution is 2.29. The molecule has 15 heavy (non-hydrogen) atoms. The average Bonchev–Trinajstić information content (AvgIpc) is 2.65. The molecule has 3 nitrogen and oxygen atoms in total. The molecule has 0 aliphatic heterocycles. The summed E-state index contributed by atoms with van der Waals surface area (Å²) in [5.74, 6) is 0.846. The summed E-state index contributed by atoms with van der Waals surface area (Å²) in [4.78, 5) is 0. The van der Waals surface area contributed by atoms with Crippen LogP contribution >= 0.6 is 0 Å². The zero-order chi connectivity index (χ0) is 10.7. The third-order valence-corrected chi connectivity index (χ3v) is 3.49. The summed E-state index contributed by atoms with van der Waals surface area (Å²) >= 11 is 0. The lowest BCUT2D eigenvalue weighted by molar-refractivity contribution is 0.317. The van der Waals surface area contributed by atoms with Crippen LogP contribution in [-0.2, 0) is 7.05 Å². The van der Waals surface area contributed by atoms with E-state index in [4.69, 9.17) is 0 Å². The van der Waals surface area contributed by atoms with Crippen LogP contribution in [0.4, 0.5) is 5.69 Å². The quantitative estimate of drug-likeness (QED) is 0.826. The van der Waals surface area contributed by atoms with Crippen LogP contribution in [0.3, 0.4) is 0 Å². The Morgan fingerprint density at radius 3 is 2.93 bits per heavy atom. The van der Waals surface area contributed by atoms with Gasteiger partial charge in [-0.05, 0) is 18.8 Å². The van der Waals surface area contributed by atoms with Gasteiger partial charge in [-0.2, -0.15) is 5.10 Å². The van der Waals surface area contributed by atoms with Crippen LogP contribution in [0, 0.1) is 5.92 Å². The lowest BCUT2D eigenvalue weighted by atomic mass is 9.83. The van der Waals surface area contributed by atoms with Gasteiger partial charge in [-0.1, -0.05) is 26.2 Å². The molecule has 1 aromatic heterocycles. The van der Waals surface area contributed by atoms with Gasteiger partial charge in [0.2, 0.25) is 0 Å². The molecule has 1 aliphatic carbocycles. The number of hydrogen-bond acceptors (Lipinski definition) is 2. The van der Waals surface area contributed by atoms with E-state index < -0.39 is 0 Å². The third-order valence-electron chi connectivity index (χ3n) is 3.49. The minimum absolute atomic E-state index is 0.660. The second-order valence-corrected chi connectivity index (χ2v) is 4.61. The van der Waals surface area contributed by atoms with Gasteiger partial charge in [-0.3, -0.25) is 4.68 Å². The second kappa shape index (κ2) is 4.69. The van der Waals surface area contributed by atoms with Crippen molar-refractivity contribution in [2.75, 3.05) is 5.32 Å². The lowest BCUT2D eigenvalue weighted by Gasteiger charge is -2.31. The summed E-state index contributed by atoms with van der Waals surface area (Å²) in [6.45, 7) is 2.30. The van der Waals surface area contributed by atoms with Crippen LogP contribution in [-0.4, -0.2) is 15.8 Å². The van der Waals surface area contributed by atoms with Crippen LogP contribution in [0.5, 0.6) is 0 Å². The first-order chi connectivity index (χ1) is 7.29. The number of anilines is 1. The third kappa shape index (κ3) is 2.52. The van der Waals surface area contributed by atoms with E-state index in [2.05, 4.69) is 23.5 Å². The molecule has 0 bridgehead atoms. The van der Waals surface area contributed by atoms with Gasteiger partial charge in [-0.15, -0.1) is 0 Å². The molecule has 0 spiro atoms. The van der Waals surface area contributed by atoms with Gasteiger partial charge < -0.3 is 5.32 Å². The highest BCUT2D eigenvalue weighted by molar-refractivity contribution is 5.39. The molecule has 0 amide bonds. The number of nitrogens with zero attached hydrogens (tertiary/aromatic N) is 2. The molecule has 3 heteroatoms. The van der Waals surface area contributed by atoms with Gasteiger partial charge >= 0.3 is 0 Å². The molecule has 0 radical (unpaired) electrons. The molecule has 0 unspecified atom stereocenters. The van der Waals surface area contributed by atoms with Gasteiger partial charge in [0.05, 0.1) is 11.9 Å². The van der Waals surface area contributed by atoms with Crippen molar-refractivity contribution in [1.29, 1.82) is 0 Å². The fourth-order valence-electron chi connectivity index (χ4n) is 2.60. The van der Waals surface area contributed by atoms with E-state index in [0.717, 1.165) is 5.92 Å². The Kier molecular flexibility index (Phi) is 3.29. The Morgan fingerprint density at radius 2 is 2.27 bits per heavy atom. The first-order valence-corrected chi connectivity index (χ1v) is 6.04. The van der Waals surface area contributed by atoms with Crippen LogP contribution in [0.1, 0.15) is 39.0 Å². The molecule has 1 heterocycles. The zero-order valence-electron chi connectivity index (χ0n) is 9.74. The minimum atomic E-state index is 0.660. The minimum Gasteiger partial charge on any atom is -0.379 e. The molecular weight excluding hydrogens is 186 g/mol. The SMILES string of the molecule is CC[C@H]1CCCC[C@@H]1Nc1cnn(C)c1. The van der Waals surface area contributed by atoms with E-state index in [1.165, 1.54) is 37.8 Å². The largest absolute Gasteiger partial charge is 0.379 e. The fraction of sp³-hybridized carbons (Fsp3) is 0.750. The average molecular weight is 207 g/mol. The Morgan fingerprint density at radius 1 is 1.47 bits per heavy atom. The van der Waals surface area contributed by atoms with E-state index in [9.17, 15) is 0 Å². The van der Waals surface area contributed by atoms with Crippen molar-refractivity contribution in [3.05, 3.63) is 12.4 Å². The molecular formula is C12H21N3. The van der Waals surface area contributed by atoms with Gasteiger partial charge in [0.15, 0.2) is 0 Å². The van der Waals surface area contributed by atoms with Crippen LogP contribution in [0.25, 0.3) is 0 Å². The predicted molar refractivity (Wildman–Crippen MR) is 62.9 cm³/mol. The smallest absolute Gasteiger partial charge is 0.0728 e. The highest BCUT2D eigenvalue weighted by Gasteiger charge is 2.23. The van der Waals surface area contributed by atoms with Crippen LogP contribution in [0.2, 0.25) is 0 Å². The normalized spacial score (nSPS) is 26.5. The van der Waals surface area contributed by atoms with Gasteiger partial charge in [0.25, 0.3) is 0 Å². The first kappa shape index (κ1) is 10.5. The molecule has 0 aromatic carbocycles. The fourth-order valence-corrected chi connectivity index (χ4v) is 2.60. The first-order valence-electron chi connectivity index (χ1n) is 6.04. The maximum Gasteiger partial charge on any atom is 0.0728 e. The maximum atomic E-state index is 4.19. The van der Waals surface area contributed by atoms with Gasteiger partial charge in [0, 0.05) is 19.3 Å². The van der Waals surface area contributed by atoms with Crippen molar-refractivity contribution in [2.45, 2.75) is 45.1 Å². The van der Waals surface area contributed by atoms with E-state index >= 15 is 0 Å². The van der Waals surface area contributed by atoms with E-state index in [1.54, 1.807) is 0 Å². The van der Waals surface area contributed by atoms with E-state index in [0.29, 0.717) is 6.04 Å². The molecule has 1 fully saturated rings. The van der Waals surface area contributed by atoms with Crippen molar-refractivity contribution in [2.24, 2.45) is 13.0 Å². The second-order valence-electron chi connectivity index (χ2n) is 4.61. The maximum absolute atomic E-state index is 4.19. The van der Waals surface area contributed by atoms with Crippen LogP contribution in [0.15, 0.2) is 12.4 Å². The van der Waals surface area contributed by atoms with Crippen molar-refractivity contribution in [1.82, 2.24) is 9.78 Å². The summed E-state index contributed by atoms with van der Waals surface area (Å²) < 4.78 is 1.85. The molecule has 1 aromatic rings. The van der Waals surface area contributed by atoms with E-state index in [-0.39, 0.29) is 0 Å². The number of rotatable bonds is 3. The number of aromatic nitrogens is 2. The van der Waals surface area contributed by atoms with Crippen molar-refractivity contribution in [3.8, 4) is 0 Å². The Balaban J connectivity index is 1.97. The summed E-state index contributed by atoms with van der Waals surface area (Å²) in [6, 6.07) is 0.660. The molecule has 1 N–H and O–H groups in total. The lowest BCUT2D eigenvalue weighted by Crippen LogP contribution is -2.31. The topological polar surface area (TPSA) is 29.9 Å². The van der Waals surface area contributed by atoms with Crippen molar-refractivity contribution < 1.29 is 0 Å². The van der Waals surface area contributed by atoms with E-state index in [1.807, 2.05) is 17.9 Å². The molecule has 2 atom stereocenters. The van der Waals surface area contributed by atoms with Crippen molar-refractivity contribution in [3.63, 3.8) is 0 Å². The molecule has 1 aliphatic rings. The predicted octanol–water partition coefficient (Wildman–Crippen LogP) is 2.80. The summed E-state index contributed by atoms with van der Waals surface area (Å²) in [5, 5.41) is 7.81. The Hall–Kier alpha value is -0.990. The van der Waals surface area contributed by atoms with Gasteiger partial charge in [-0.25, -0.2) is 0 Å².